The average molecular weight is 392 g/mol. The van der Waals surface area contributed by atoms with E-state index in [4.69, 9.17) is 9.47 Å². The summed E-state index contributed by atoms with van der Waals surface area (Å²) in [6.07, 6.45) is 6.17. The number of anilines is 1. The molecule has 2 aliphatic rings. The van der Waals surface area contributed by atoms with Gasteiger partial charge in [-0.2, -0.15) is 0 Å². The van der Waals surface area contributed by atoms with Crippen LogP contribution in [0.1, 0.15) is 34.3 Å². The number of carbonyl (C=O) groups is 2. The van der Waals surface area contributed by atoms with Crippen LogP contribution in [0.25, 0.3) is 6.08 Å². The van der Waals surface area contributed by atoms with Gasteiger partial charge in [-0.15, -0.1) is 0 Å². The summed E-state index contributed by atoms with van der Waals surface area (Å²) in [5, 5.41) is 5.69. The minimum Gasteiger partial charge on any atom is -0.493 e. The van der Waals surface area contributed by atoms with E-state index >= 15 is 0 Å². The largest absolute Gasteiger partial charge is 0.493 e. The number of fused-ring (bicyclic) bond motifs is 1. The fourth-order valence-corrected chi connectivity index (χ4v) is 3.55. The Morgan fingerprint density at radius 3 is 2.90 bits per heavy atom. The number of rotatable bonds is 6. The van der Waals surface area contributed by atoms with Crippen LogP contribution in [0.5, 0.6) is 5.75 Å². The van der Waals surface area contributed by atoms with Gasteiger partial charge in [-0.25, -0.2) is 0 Å². The van der Waals surface area contributed by atoms with Crippen molar-refractivity contribution in [2.45, 2.75) is 25.4 Å². The second kappa shape index (κ2) is 8.92. The molecule has 0 spiro atoms. The maximum Gasteiger partial charge on any atom is 0.253 e. The third-order valence-corrected chi connectivity index (χ3v) is 5.08. The molecule has 2 aliphatic heterocycles. The maximum absolute atomic E-state index is 12.5. The van der Waals surface area contributed by atoms with Gasteiger partial charge in [-0.3, -0.25) is 9.59 Å². The molecule has 1 fully saturated rings. The first-order valence-corrected chi connectivity index (χ1v) is 9.93. The predicted molar refractivity (Wildman–Crippen MR) is 111 cm³/mol. The first-order valence-electron chi connectivity index (χ1n) is 9.93. The Bertz CT molecular complexity index is 932. The van der Waals surface area contributed by atoms with Crippen LogP contribution < -0.4 is 15.4 Å². The lowest BCUT2D eigenvalue weighted by molar-refractivity contribution is -0.111. The summed E-state index contributed by atoms with van der Waals surface area (Å²) in [5.74, 6) is 0.398. The van der Waals surface area contributed by atoms with Gasteiger partial charge in [0.1, 0.15) is 5.75 Å². The molecule has 1 unspecified atom stereocenters. The minimum absolute atomic E-state index is 0.0707. The molecule has 0 aromatic heterocycles. The highest BCUT2D eigenvalue weighted by molar-refractivity contribution is 6.07. The molecule has 1 saturated heterocycles. The molecular weight excluding hydrogens is 368 g/mol. The summed E-state index contributed by atoms with van der Waals surface area (Å²) in [7, 11) is 0. The van der Waals surface area contributed by atoms with Crippen molar-refractivity contribution in [1.29, 1.82) is 0 Å². The molecule has 2 amide bonds. The highest BCUT2D eigenvalue weighted by Gasteiger charge is 2.18. The zero-order valence-corrected chi connectivity index (χ0v) is 16.1. The van der Waals surface area contributed by atoms with Gasteiger partial charge in [-0.05, 0) is 54.3 Å². The zero-order valence-electron chi connectivity index (χ0n) is 16.1. The van der Waals surface area contributed by atoms with Crippen molar-refractivity contribution in [2.24, 2.45) is 0 Å². The molecule has 2 N–H and O–H groups in total. The van der Waals surface area contributed by atoms with Crippen molar-refractivity contribution in [2.75, 3.05) is 25.1 Å². The molecule has 150 valence electrons. The summed E-state index contributed by atoms with van der Waals surface area (Å²) in [6.45, 7) is 1.93. The van der Waals surface area contributed by atoms with E-state index in [0.29, 0.717) is 24.4 Å². The fraction of sp³-hybridized carbons (Fsp3) is 0.304. The van der Waals surface area contributed by atoms with E-state index in [-0.39, 0.29) is 17.9 Å². The Labute approximate surface area is 169 Å². The topological polar surface area (TPSA) is 76.7 Å². The summed E-state index contributed by atoms with van der Waals surface area (Å²) in [6, 6.07) is 12.9. The number of para-hydroxylation sites is 1. The van der Waals surface area contributed by atoms with E-state index in [1.165, 1.54) is 6.08 Å². The van der Waals surface area contributed by atoms with Crippen molar-refractivity contribution in [1.82, 2.24) is 5.32 Å². The maximum atomic E-state index is 12.5. The van der Waals surface area contributed by atoms with Crippen molar-refractivity contribution in [3.05, 3.63) is 65.2 Å². The zero-order chi connectivity index (χ0) is 20.1. The first kappa shape index (κ1) is 19.2. The molecule has 29 heavy (non-hydrogen) atoms. The van der Waals surface area contributed by atoms with E-state index in [1.54, 1.807) is 30.3 Å². The van der Waals surface area contributed by atoms with Crippen LogP contribution in [0, 0.1) is 0 Å². The molecule has 2 aromatic carbocycles. The summed E-state index contributed by atoms with van der Waals surface area (Å²) < 4.78 is 11.0. The summed E-state index contributed by atoms with van der Waals surface area (Å²) in [5.41, 5.74) is 3.00. The smallest absolute Gasteiger partial charge is 0.253 e. The van der Waals surface area contributed by atoms with Gasteiger partial charge < -0.3 is 20.1 Å². The third-order valence-electron chi connectivity index (χ3n) is 5.08. The molecule has 2 heterocycles. The van der Waals surface area contributed by atoms with Crippen LogP contribution in [0.3, 0.4) is 0 Å². The second-order valence-electron chi connectivity index (χ2n) is 7.18. The molecular formula is C23H24N2O4. The predicted octanol–water partition coefficient (Wildman–Crippen LogP) is 3.18. The van der Waals surface area contributed by atoms with Crippen molar-refractivity contribution in [3.8, 4) is 5.75 Å². The Kier molecular flexibility index (Phi) is 5.91. The van der Waals surface area contributed by atoms with Crippen LogP contribution in [0.2, 0.25) is 0 Å². The molecule has 1 atom stereocenters. The molecule has 6 nitrogen and oxygen atoms in total. The van der Waals surface area contributed by atoms with Gasteiger partial charge in [0.15, 0.2) is 0 Å². The minimum atomic E-state index is -0.291. The monoisotopic (exact) mass is 392 g/mol. The number of benzene rings is 2. The number of hydrogen-bond acceptors (Lipinski definition) is 4. The standard InChI is InChI=1S/C23H24N2O4/c26-22(10-8-16-7-9-21-17(14-16)11-13-29-21)25-20-6-2-1-5-19(20)23(27)24-15-18-4-3-12-28-18/h1-2,5-10,14,18H,3-4,11-13,15H2,(H,24,27)(H,25,26)/b10-8+. The molecule has 4 rings (SSSR count). The molecule has 0 saturated carbocycles. The average Bonchev–Trinajstić information content (AvgIpc) is 3.42. The van der Waals surface area contributed by atoms with E-state index < -0.39 is 0 Å². The Morgan fingerprint density at radius 2 is 2.03 bits per heavy atom. The Balaban J connectivity index is 1.38. The van der Waals surface area contributed by atoms with Crippen molar-refractivity contribution < 1.29 is 19.1 Å². The third kappa shape index (κ3) is 4.84. The first-order chi connectivity index (χ1) is 14.2. The quantitative estimate of drug-likeness (QED) is 0.741. The lowest BCUT2D eigenvalue weighted by Crippen LogP contribution is -2.32. The highest BCUT2D eigenvalue weighted by Crippen LogP contribution is 2.26. The van der Waals surface area contributed by atoms with Crippen LogP contribution in [-0.4, -0.2) is 37.7 Å². The van der Waals surface area contributed by atoms with Gasteiger partial charge in [0, 0.05) is 25.6 Å². The van der Waals surface area contributed by atoms with Gasteiger partial charge in [0.05, 0.1) is 24.0 Å². The van der Waals surface area contributed by atoms with Gasteiger partial charge in [0.25, 0.3) is 5.91 Å². The Morgan fingerprint density at radius 1 is 1.14 bits per heavy atom. The molecule has 0 radical (unpaired) electrons. The number of hydrogen-bond donors (Lipinski definition) is 2. The summed E-state index contributed by atoms with van der Waals surface area (Å²) in [4.78, 5) is 24.9. The van der Waals surface area contributed by atoms with Crippen LogP contribution in [0.15, 0.2) is 48.5 Å². The second-order valence-corrected chi connectivity index (χ2v) is 7.18. The number of amides is 2. The van der Waals surface area contributed by atoms with Gasteiger partial charge in [-0.1, -0.05) is 18.2 Å². The van der Waals surface area contributed by atoms with E-state index in [2.05, 4.69) is 10.6 Å². The van der Waals surface area contributed by atoms with Crippen molar-refractivity contribution in [3.63, 3.8) is 0 Å². The molecule has 6 heteroatoms. The molecule has 0 aliphatic carbocycles. The van der Waals surface area contributed by atoms with E-state index in [1.807, 2.05) is 18.2 Å². The fourth-order valence-electron chi connectivity index (χ4n) is 3.55. The number of ether oxygens (including phenoxy) is 2. The molecule has 2 aromatic rings. The SMILES string of the molecule is O=C(/C=C/c1ccc2c(c1)CCO2)Nc1ccccc1C(=O)NCC1CCCO1. The van der Waals surface area contributed by atoms with E-state index in [0.717, 1.165) is 42.7 Å². The highest BCUT2D eigenvalue weighted by atomic mass is 16.5. The number of nitrogens with one attached hydrogen (secondary N) is 2. The lowest BCUT2D eigenvalue weighted by atomic mass is 10.1. The Hall–Kier alpha value is -3.12. The van der Waals surface area contributed by atoms with Crippen LogP contribution >= 0.6 is 0 Å². The lowest BCUT2D eigenvalue weighted by Gasteiger charge is -2.13. The van der Waals surface area contributed by atoms with Crippen molar-refractivity contribution >= 4 is 23.6 Å². The number of carbonyl (C=O) groups excluding carboxylic acids is 2. The van der Waals surface area contributed by atoms with Gasteiger partial charge in [0.2, 0.25) is 5.91 Å². The van der Waals surface area contributed by atoms with E-state index in [9.17, 15) is 9.59 Å². The van der Waals surface area contributed by atoms with Crippen LogP contribution in [-0.2, 0) is 16.0 Å². The van der Waals surface area contributed by atoms with Crippen LogP contribution in [0.4, 0.5) is 5.69 Å². The normalized spacial score (nSPS) is 17.7. The van der Waals surface area contributed by atoms with Gasteiger partial charge >= 0.3 is 0 Å². The molecule has 0 bridgehead atoms. The summed E-state index contributed by atoms with van der Waals surface area (Å²) >= 11 is 0.